The van der Waals surface area contributed by atoms with E-state index >= 15 is 0 Å². The number of amides is 1. The fourth-order valence-corrected chi connectivity index (χ4v) is 3.81. The van der Waals surface area contributed by atoms with Gasteiger partial charge in [-0.3, -0.25) is 9.78 Å². The van der Waals surface area contributed by atoms with Crippen LogP contribution in [0, 0.1) is 5.82 Å². The summed E-state index contributed by atoms with van der Waals surface area (Å²) in [5.74, 6) is -0.128. The van der Waals surface area contributed by atoms with Crippen molar-refractivity contribution in [2.75, 3.05) is 0 Å². The number of fused-ring (bicyclic) bond motifs is 1. The number of aliphatic hydroxyl groups excluding tert-OH is 1. The first-order valence-electron chi connectivity index (χ1n) is 9.83. The van der Waals surface area contributed by atoms with E-state index in [0.717, 1.165) is 42.2 Å². The van der Waals surface area contributed by atoms with Crippen LogP contribution in [0.5, 0.6) is 5.75 Å². The van der Waals surface area contributed by atoms with Crippen molar-refractivity contribution in [3.8, 4) is 5.75 Å². The molecule has 6 heteroatoms. The highest BCUT2D eigenvalue weighted by atomic mass is 19.1. The summed E-state index contributed by atoms with van der Waals surface area (Å²) in [4.78, 5) is 16.5. The van der Waals surface area contributed by atoms with Crippen molar-refractivity contribution in [1.82, 2.24) is 10.3 Å². The monoisotopic (exact) mass is 394 g/mol. The molecule has 0 bridgehead atoms. The fourth-order valence-electron chi connectivity index (χ4n) is 3.81. The number of aromatic nitrogens is 1. The van der Waals surface area contributed by atoms with Crippen LogP contribution in [0.15, 0.2) is 60.9 Å². The summed E-state index contributed by atoms with van der Waals surface area (Å²) in [6.45, 7) is 0. The molecule has 1 saturated carbocycles. The molecule has 4 rings (SSSR count). The van der Waals surface area contributed by atoms with Gasteiger partial charge < -0.3 is 15.2 Å². The van der Waals surface area contributed by atoms with Crippen LogP contribution in [-0.4, -0.2) is 28.1 Å². The van der Waals surface area contributed by atoms with E-state index < -0.39 is 17.8 Å². The molecule has 5 nitrogen and oxygen atoms in total. The van der Waals surface area contributed by atoms with Crippen LogP contribution in [0.25, 0.3) is 10.8 Å². The predicted molar refractivity (Wildman–Crippen MR) is 108 cm³/mol. The number of hydrogen-bond donors (Lipinski definition) is 2. The minimum absolute atomic E-state index is 0.0257. The van der Waals surface area contributed by atoms with E-state index in [1.54, 1.807) is 6.20 Å². The van der Waals surface area contributed by atoms with E-state index in [-0.39, 0.29) is 17.7 Å². The number of aliphatic hydroxyl groups is 1. The molecular weight excluding hydrogens is 371 g/mol. The zero-order valence-corrected chi connectivity index (χ0v) is 15.9. The van der Waals surface area contributed by atoms with Gasteiger partial charge in [0.15, 0.2) is 6.10 Å². The van der Waals surface area contributed by atoms with Crippen molar-refractivity contribution >= 4 is 16.7 Å². The Morgan fingerprint density at radius 1 is 1.14 bits per heavy atom. The summed E-state index contributed by atoms with van der Waals surface area (Å²) < 4.78 is 19.5. The smallest absolute Gasteiger partial charge is 0.253 e. The predicted octanol–water partition coefficient (Wildman–Crippen LogP) is 3.91. The Labute approximate surface area is 168 Å². The molecule has 3 aromatic rings. The van der Waals surface area contributed by atoms with Gasteiger partial charge in [-0.2, -0.15) is 0 Å². The molecule has 2 N–H and O–H groups in total. The third-order valence-corrected chi connectivity index (χ3v) is 5.37. The zero-order valence-electron chi connectivity index (χ0n) is 15.9. The quantitative estimate of drug-likeness (QED) is 0.688. The van der Waals surface area contributed by atoms with Gasteiger partial charge >= 0.3 is 0 Å². The molecule has 1 amide bonds. The van der Waals surface area contributed by atoms with Crippen molar-refractivity contribution in [2.45, 2.75) is 43.9 Å². The Hall–Kier alpha value is -2.99. The van der Waals surface area contributed by atoms with Crippen LogP contribution in [0.3, 0.4) is 0 Å². The fraction of sp³-hybridized carbons (Fsp3) is 0.304. The van der Waals surface area contributed by atoms with Gasteiger partial charge in [0.25, 0.3) is 5.91 Å². The summed E-state index contributed by atoms with van der Waals surface area (Å²) in [5.41, 5.74) is 0.255. The molecule has 0 aliphatic heterocycles. The number of hydrogen-bond acceptors (Lipinski definition) is 4. The Kier molecular flexibility index (Phi) is 5.71. The lowest BCUT2D eigenvalue weighted by Crippen LogP contribution is -2.41. The lowest BCUT2D eigenvalue weighted by Gasteiger charge is -2.30. The molecule has 1 heterocycles. The number of carbonyl (C=O) groups excluding carboxylic acids is 1. The summed E-state index contributed by atoms with van der Waals surface area (Å²) in [5, 5.41) is 15.1. The van der Waals surface area contributed by atoms with Crippen molar-refractivity contribution in [3.63, 3.8) is 0 Å². The van der Waals surface area contributed by atoms with Gasteiger partial charge in [0.2, 0.25) is 0 Å². The van der Waals surface area contributed by atoms with Gasteiger partial charge in [0, 0.05) is 29.2 Å². The maximum absolute atomic E-state index is 13.3. The van der Waals surface area contributed by atoms with E-state index in [2.05, 4.69) is 10.3 Å². The van der Waals surface area contributed by atoms with E-state index in [1.165, 1.54) is 24.3 Å². The number of carbonyl (C=O) groups is 1. The molecule has 0 radical (unpaired) electrons. The third kappa shape index (κ3) is 4.54. The lowest BCUT2D eigenvalue weighted by molar-refractivity contribution is -0.130. The number of nitrogens with zero attached hydrogens (tertiary/aromatic N) is 1. The van der Waals surface area contributed by atoms with Crippen LogP contribution in [-0.2, 0) is 4.79 Å². The molecule has 150 valence electrons. The number of ether oxygens (including phenoxy) is 1. The van der Waals surface area contributed by atoms with Gasteiger partial charge in [-0.05, 0) is 55.5 Å². The number of pyridine rings is 1. The molecule has 1 aliphatic carbocycles. The highest BCUT2D eigenvalue weighted by Gasteiger charge is 2.26. The number of rotatable bonds is 5. The number of benzene rings is 2. The second kappa shape index (κ2) is 8.57. The van der Waals surface area contributed by atoms with Crippen LogP contribution < -0.4 is 10.1 Å². The summed E-state index contributed by atoms with van der Waals surface area (Å²) in [6, 6.07) is 13.3. The summed E-state index contributed by atoms with van der Waals surface area (Å²) in [6.07, 6.45) is 5.42. The minimum Gasteiger partial charge on any atom is -0.490 e. The summed E-state index contributed by atoms with van der Waals surface area (Å²) in [7, 11) is 0. The first-order chi connectivity index (χ1) is 14.1. The topological polar surface area (TPSA) is 71.5 Å². The van der Waals surface area contributed by atoms with Gasteiger partial charge in [-0.25, -0.2) is 4.39 Å². The maximum atomic E-state index is 13.3. The van der Waals surface area contributed by atoms with Crippen LogP contribution in [0.1, 0.15) is 37.4 Å². The van der Waals surface area contributed by atoms with Crippen LogP contribution in [0.2, 0.25) is 0 Å². The van der Waals surface area contributed by atoms with Crippen molar-refractivity contribution in [2.24, 2.45) is 0 Å². The molecular formula is C23H23FN2O3. The van der Waals surface area contributed by atoms with Crippen LogP contribution in [0.4, 0.5) is 4.39 Å². The largest absolute Gasteiger partial charge is 0.490 e. The second-order valence-electron chi connectivity index (χ2n) is 7.41. The van der Waals surface area contributed by atoms with Gasteiger partial charge in [-0.15, -0.1) is 0 Å². The van der Waals surface area contributed by atoms with E-state index in [9.17, 15) is 14.3 Å². The Bertz CT molecular complexity index is 997. The second-order valence-corrected chi connectivity index (χ2v) is 7.41. The molecule has 29 heavy (non-hydrogen) atoms. The van der Waals surface area contributed by atoms with Gasteiger partial charge in [0.05, 0.1) is 6.10 Å². The highest BCUT2D eigenvalue weighted by Crippen LogP contribution is 2.29. The SMILES string of the molecule is O=C(NC1CCC(Oc2cccc3cnccc23)CC1)C(O)c1cccc(F)c1. The zero-order chi connectivity index (χ0) is 20.2. The third-order valence-electron chi connectivity index (χ3n) is 5.37. The van der Waals surface area contributed by atoms with E-state index in [1.807, 2.05) is 30.5 Å². The Balaban J connectivity index is 1.32. The standard InChI is InChI=1S/C23H23FN2O3/c24-17-5-1-3-15(13-17)22(27)23(28)26-18-7-9-19(10-8-18)29-21-6-2-4-16-14-25-12-11-20(16)21/h1-6,11-14,18-19,22,27H,7-10H2,(H,26,28). The first kappa shape index (κ1) is 19.3. The van der Waals surface area contributed by atoms with E-state index in [4.69, 9.17) is 4.74 Å². The molecule has 1 unspecified atom stereocenters. The van der Waals surface area contributed by atoms with Crippen molar-refractivity contribution < 1.29 is 19.0 Å². The molecule has 0 spiro atoms. The van der Waals surface area contributed by atoms with Crippen LogP contribution >= 0.6 is 0 Å². The average molecular weight is 394 g/mol. The highest BCUT2D eigenvalue weighted by molar-refractivity contribution is 5.87. The van der Waals surface area contributed by atoms with Gasteiger partial charge in [-0.1, -0.05) is 24.3 Å². The molecule has 1 aliphatic rings. The van der Waals surface area contributed by atoms with Crippen molar-refractivity contribution in [1.29, 1.82) is 0 Å². The van der Waals surface area contributed by atoms with Gasteiger partial charge in [0.1, 0.15) is 11.6 Å². The van der Waals surface area contributed by atoms with Crippen molar-refractivity contribution in [3.05, 3.63) is 72.3 Å². The molecule has 2 aromatic carbocycles. The number of nitrogens with one attached hydrogen (secondary N) is 1. The van der Waals surface area contributed by atoms with E-state index in [0.29, 0.717) is 0 Å². The maximum Gasteiger partial charge on any atom is 0.253 e. The lowest BCUT2D eigenvalue weighted by atomic mass is 9.92. The normalized spacial score (nSPS) is 20.2. The number of halogens is 1. The molecule has 1 aromatic heterocycles. The first-order valence-corrected chi connectivity index (χ1v) is 9.83. The molecule has 0 saturated heterocycles. The minimum atomic E-state index is -1.37. The molecule has 1 atom stereocenters. The Morgan fingerprint density at radius 2 is 1.93 bits per heavy atom. The summed E-state index contributed by atoms with van der Waals surface area (Å²) >= 11 is 0. The molecule has 1 fully saturated rings. The Morgan fingerprint density at radius 3 is 2.72 bits per heavy atom. The average Bonchev–Trinajstić information content (AvgIpc) is 2.75.